The Hall–Kier alpha value is -1.87. The maximum Gasteiger partial charge on any atom is 0.309 e. The Morgan fingerprint density at radius 1 is 1.20 bits per heavy atom. The Morgan fingerprint density at radius 2 is 1.86 bits per heavy atom. The van der Waals surface area contributed by atoms with Gasteiger partial charge in [-0.05, 0) is 45.3 Å². The molecule has 8 heteroatoms. The second kappa shape index (κ2) is 12.4. The standard InChI is InChI=1S/C27H41NO6S/c1-15-8-10-21(29)17(3)25(32)18(4)26(33)27(6,7)23(30)13-24(31)34-22(11-9-15)16(2)12-20-14-35-19(5)28-20/h9,12,14,17-18,21-23,25,29-30,32H,8,10-11,13H2,1-7H3/b15-9-,16-12+/t17-,18+,21+,22-,23-,25-/m0/s1. The number of rotatable bonds is 2. The van der Waals surface area contributed by atoms with Crippen molar-refractivity contribution in [1.82, 2.24) is 4.98 Å². The van der Waals surface area contributed by atoms with Crippen LogP contribution in [0.15, 0.2) is 22.6 Å². The fraction of sp³-hybridized carbons (Fsp3) is 0.667. The van der Waals surface area contributed by atoms with Crippen molar-refractivity contribution in [1.29, 1.82) is 0 Å². The Balaban J connectivity index is 2.37. The molecule has 0 unspecified atom stereocenters. The minimum absolute atomic E-state index is 0.345. The minimum Gasteiger partial charge on any atom is -0.457 e. The molecule has 0 saturated heterocycles. The Bertz CT molecular complexity index is 949. The molecule has 3 N–H and O–H groups in total. The maximum atomic E-state index is 13.2. The molecule has 0 bridgehead atoms. The minimum atomic E-state index is -1.28. The van der Waals surface area contributed by atoms with Crippen LogP contribution in [0.4, 0.5) is 0 Å². The predicted octanol–water partition coefficient (Wildman–Crippen LogP) is 4.24. The fourth-order valence-electron chi connectivity index (χ4n) is 4.36. The molecule has 0 amide bonds. The summed E-state index contributed by atoms with van der Waals surface area (Å²) in [7, 11) is 0. The van der Waals surface area contributed by atoms with E-state index in [0.717, 1.165) is 21.8 Å². The number of aliphatic hydroxyl groups is 3. The molecule has 0 aliphatic carbocycles. The maximum absolute atomic E-state index is 13.2. The van der Waals surface area contributed by atoms with Gasteiger partial charge in [0.25, 0.3) is 0 Å². The van der Waals surface area contributed by atoms with E-state index in [1.165, 1.54) is 11.3 Å². The lowest BCUT2D eigenvalue weighted by Gasteiger charge is -2.35. The summed E-state index contributed by atoms with van der Waals surface area (Å²) in [4.78, 5) is 30.5. The highest BCUT2D eigenvalue weighted by Gasteiger charge is 2.43. The summed E-state index contributed by atoms with van der Waals surface area (Å²) in [6, 6.07) is 0. The normalized spacial score (nSPS) is 33.7. The van der Waals surface area contributed by atoms with E-state index in [4.69, 9.17) is 4.74 Å². The van der Waals surface area contributed by atoms with Gasteiger partial charge in [-0.15, -0.1) is 11.3 Å². The lowest BCUT2D eigenvalue weighted by atomic mass is 9.72. The molecular formula is C27H41NO6S. The molecule has 0 saturated carbocycles. The van der Waals surface area contributed by atoms with Crippen LogP contribution in [0.1, 0.15) is 77.9 Å². The van der Waals surface area contributed by atoms with Crippen molar-refractivity contribution in [3.63, 3.8) is 0 Å². The lowest BCUT2D eigenvalue weighted by molar-refractivity contribution is -0.154. The molecule has 1 aromatic rings. The van der Waals surface area contributed by atoms with Crippen molar-refractivity contribution >= 4 is 29.2 Å². The summed E-state index contributed by atoms with van der Waals surface area (Å²) in [5, 5.41) is 35.2. The average molecular weight is 508 g/mol. The first-order chi connectivity index (χ1) is 16.2. The summed E-state index contributed by atoms with van der Waals surface area (Å²) < 4.78 is 5.78. The molecule has 6 atom stereocenters. The largest absolute Gasteiger partial charge is 0.457 e. The van der Waals surface area contributed by atoms with Gasteiger partial charge in [0, 0.05) is 23.6 Å². The monoisotopic (exact) mass is 507 g/mol. The third-order valence-electron chi connectivity index (χ3n) is 7.21. The Kier molecular flexibility index (Phi) is 10.4. The number of allylic oxidation sites excluding steroid dienone is 1. The summed E-state index contributed by atoms with van der Waals surface area (Å²) >= 11 is 1.54. The molecule has 0 fully saturated rings. The number of Topliss-reactive ketones (excluding diaryl/α,β-unsaturated/α-hetero) is 1. The number of aromatic nitrogens is 1. The van der Waals surface area contributed by atoms with Crippen LogP contribution < -0.4 is 0 Å². The zero-order valence-electron chi connectivity index (χ0n) is 21.9. The number of esters is 1. The molecule has 0 spiro atoms. The number of aliphatic hydroxyl groups excluding tert-OH is 3. The van der Waals surface area contributed by atoms with E-state index < -0.39 is 47.6 Å². The van der Waals surface area contributed by atoms with Crippen molar-refractivity contribution in [3.05, 3.63) is 33.3 Å². The smallest absolute Gasteiger partial charge is 0.309 e. The SMILES string of the molecule is C/C1=C/C[C@@H](/C(C)=C/c2csc(C)n2)OC(=O)C[C@H](O)C(C)(C)C(=O)[C@H](C)[C@@H](O)[C@@H](C)[C@H](O)CC1. The van der Waals surface area contributed by atoms with E-state index in [1.807, 2.05) is 38.3 Å². The van der Waals surface area contributed by atoms with Crippen LogP contribution >= 0.6 is 11.3 Å². The van der Waals surface area contributed by atoms with Crippen LogP contribution in [0.2, 0.25) is 0 Å². The fourth-order valence-corrected chi connectivity index (χ4v) is 4.93. The van der Waals surface area contributed by atoms with Crippen LogP contribution in [0, 0.1) is 24.2 Å². The number of ether oxygens (including phenoxy) is 1. The van der Waals surface area contributed by atoms with Crippen LogP contribution in [-0.4, -0.2) is 56.5 Å². The van der Waals surface area contributed by atoms with Gasteiger partial charge in [0.15, 0.2) is 0 Å². The van der Waals surface area contributed by atoms with Gasteiger partial charge in [-0.3, -0.25) is 9.59 Å². The number of aryl methyl sites for hydroxylation is 1. The van der Waals surface area contributed by atoms with Crippen LogP contribution in [0.3, 0.4) is 0 Å². The first kappa shape index (κ1) is 29.4. The third kappa shape index (κ3) is 7.81. The number of carbonyl (C=O) groups excluding carboxylic acids is 2. The molecule has 1 aromatic heterocycles. The zero-order valence-corrected chi connectivity index (χ0v) is 22.8. The van der Waals surface area contributed by atoms with E-state index in [0.29, 0.717) is 19.3 Å². The number of hydrogen-bond acceptors (Lipinski definition) is 8. The summed E-state index contributed by atoms with van der Waals surface area (Å²) in [5.41, 5.74) is 1.37. The molecule has 7 nitrogen and oxygen atoms in total. The van der Waals surface area contributed by atoms with E-state index in [9.17, 15) is 24.9 Å². The molecule has 196 valence electrons. The van der Waals surface area contributed by atoms with Crippen molar-refractivity contribution in [3.8, 4) is 0 Å². The predicted molar refractivity (Wildman–Crippen MR) is 138 cm³/mol. The van der Waals surface area contributed by atoms with E-state index in [1.54, 1.807) is 27.7 Å². The van der Waals surface area contributed by atoms with Gasteiger partial charge in [0.05, 0.1) is 40.8 Å². The molecule has 0 aromatic carbocycles. The molecule has 1 aliphatic rings. The molecule has 2 rings (SSSR count). The van der Waals surface area contributed by atoms with Crippen molar-refractivity contribution in [2.24, 2.45) is 17.3 Å². The molecule has 35 heavy (non-hydrogen) atoms. The highest BCUT2D eigenvalue weighted by Crippen LogP contribution is 2.32. The van der Waals surface area contributed by atoms with Gasteiger partial charge in [-0.2, -0.15) is 0 Å². The summed E-state index contributed by atoms with van der Waals surface area (Å²) in [5.74, 6) is -2.30. The lowest BCUT2D eigenvalue weighted by Crippen LogP contribution is -2.47. The first-order valence-electron chi connectivity index (χ1n) is 12.3. The highest BCUT2D eigenvalue weighted by molar-refractivity contribution is 7.09. The van der Waals surface area contributed by atoms with Gasteiger partial charge in [-0.1, -0.05) is 39.3 Å². The van der Waals surface area contributed by atoms with E-state index in [-0.39, 0.29) is 12.2 Å². The average Bonchev–Trinajstić information content (AvgIpc) is 3.21. The van der Waals surface area contributed by atoms with Crippen molar-refractivity contribution in [2.45, 2.75) is 98.6 Å². The zero-order chi connectivity index (χ0) is 26.5. The summed E-state index contributed by atoms with van der Waals surface area (Å²) in [6.45, 7) is 12.2. The first-order valence-corrected chi connectivity index (χ1v) is 13.2. The number of thiazole rings is 1. The van der Waals surface area contributed by atoms with Crippen LogP contribution in [0.5, 0.6) is 0 Å². The number of hydrogen-bond donors (Lipinski definition) is 3. The van der Waals surface area contributed by atoms with Gasteiger partial charge in [-0.25, -0.2) is 4.98 Å². The quantitative estimate of drug-likeness (QED) is 0.405. The van der Waals surface area contributed by atoms with E-state index >= 15 is 0 Å². The number of ketones is 1. The molecular weight excluding hydrogens is 466 g/mol. The summed E-state index contributed by atoms with van der Waals surface area (Å²) in [6.07, 6.45) is 1.33. The second-order valence-corrected chi connectivity index (χ2v) is 11.6. The van der Waals surface area contributed by atoms with Gasteiger partial charge < -0.3 is 20.1 Å². The molecule has 0 radical (unpaired) electrons. The van der Waals surface area contributed by atoms with Crippen molar-refractivity contribution < 1.29 is 29.6 Å². The Morgan fingerprint density at radius 3 is 2.46 bits per heavy atom. The molecule has 2 heterocycles. The van der Waals surface area contributed by atoms with E-state index in [2.05, 4.69) is 4.98 Å². The third-order valence-corrected chi connectivity index (χ3v) is 8.00. The molecule has 1 aliphatic heterocycles. The number of cyclic esters (lactones) is 1. The van der Waals surface area contributed by atoms with Crippen LogP contribution in [-0.2, 0) is 14.3 Å². The van der Waals surface area contributed by atoms with Crippen molar-refractivity contribution in [2.75, 3.05) is 0 Å². The second-order valence-electron chi connectivity index (χ2n) is 10.5. The Labute approximate surface area is 212 Å². The van der Waals surface area contributed by atoms with Gasteiger partial charge in [0.1, 0.15) is 11.9 Å². The number of nitrogens with zero attached hydrogens (tertiary/aromatic N) is 1. The van der Waals surface area contributed by atoms with Gasteiger partial charge >= 0.3 is 5.97 Å². The topological polar surface area (TPSA) is 117 Å². The number of carbonyl (C=O) groups is 2. The highest BCUT2D eigenvalue weighted by atomic mass is 32.1. The van der Waals surface area contributed by atoms with Crippen LogP contribution in [0.25, 0.3) is 6.08 Å². The van der Waals surface area contributed by atoms with Gasteiger partial charge in [0.2, 0.25) is 0 Å².